The van der Waals surface area contributed by atoms with E-state index in [4.69, 9.17) is 0 Å². The summed E-state index contributed by atoms with van der Waals surface area (Å²) >= 11 is 0.440. The van der Waals surface area contributed by atoms with Crippen LogP contribution in [0, 0.1) is 0 Å². The topological polar surface area (TPSA) is 20.2 Å². The maximum atomic E-state index is 9.53. The van der Waals surface area contributed by atoms with Crippen molar-refractivity contribution in [2.24, 2.45) is 0 Å². The third-order valence-corrected chi connectivity index (χ3v) is 4.23. The first-order valence-corrected chi connectivity index (χ1v) is 6.75. The molecule has 13 heavy (non-hydrogen) atoms. The molecule has 1 aromatic carbocycles. The summed E-state index contributed by atoms with van der Waals surface area (Å²) in [5.74, 6) is 0. The summed E-state index contributed by atoms with van der Waals surface area (Å²) in [6.45, 7) is 2.11. The predicted octanol–water partition coefficient (Wildman–Crippen LogP) is 1.60. The van der Waals surface area contributed by atoms with Crippen LogP contribution in [-0.4, -0.2) is 26.2 Å². The van der Waals surface area contributed by atoms with E-state index in [0.29, 0.717) is 15.0 Å². The van der Waals surface area contributed by atoms with Gasteiger partial charge < -0.3 is 0 Å². The molecule has 2 heteroatoms. The van der Waals surface area contributed by atoms with Crippen molar-refractivity contribution in [2.75, 3.05) is 0 Å². The second-order valence-electron chi connectivity index (χ2n) is 3.07. The van der Waals surface area contributed by atoms with Gasteiger partial charge >= 0.3 is 86.0 Å². The molecule has 0 amide bonds. The Kier molecular flexibility index (Phi) is 5.14. The van der Waals surface area contributed by atoms with Crippen LogP contribution in [0.2, 0.25) is 5.32 Å². The van der Waals surface area contributed by atoms with Gasteiger partial charge in [0.2, 0.25) is 0 Å². The fraction of sp³-hybridized carbons (Fsp3) is 0.455. The molecule has 0 aliphatic heterocycles. The van der Waals surface area contributed by atoms with Gasteiger partial charge in [-0.3, -0.25) is 0 Å². The molecule has 0 fully saturated rings. The number of aliphatic hydroxyl groups is 1. The quantitative estimate of drug-likeness (QED) is 0.779. The normalized spacial score (nSPS) is 12.8. The van der Waals surface area contributed by atoms with Crippen molar-refractivity contribution in [2.45, 2.75) is 31.2 Å². The molecular weight excluding hydrogens is 227 g/mol. The van der Waals surface area contributed by atoms with Gasteiger partial charge in [-0.25, -0.2) is 0 Å². The van der Waals surface area contributed by atoms with E-state index < -0.39 is 0 Å². The summed E-state index contributed by atoms with van der Waals surface area (Å²) < 4.78 is 1.38. The molecule has 0 saturated carbocycles. The van der Waals surface area contributed by atoms with Crippen molar-refractivity contribution in [3.63, 3.8) is 0 Å². The third-order valence-electron chi connectivity index (χ3n) is 1.81. The van der Waals surface area contributed by atoms with E-state index in [1.54, 1.807) is 0 Å². The Morgan fingerprint density at radius 2 is 2.00 bits per heavy atom. The molecule has 1 N–H and O–H groups in total. The van der Waals surface area contributed by atoms with Crippen LogP contribution in [0.25, 0.3) is 0 Å². The first-order valence-electron chi connectivity index (χ1n) is 4.69. The van der Waals surface area contributed by atoms with Crippen molar-refractivity contribution in [3.8, 4) is 0 Å². The van der Waals surface area contributed by atoms with Gasteiger partial charge in [0.15, 0.2) is 0 Å². The summed E-state index contributed by atoms with van der Waals surface area (Å²) in [7, 11) is 0. The molecule has 1 rings (SSSR count). The standard InChI is InChI=1S/C11H16OSe/c1-2-6-10(12)9-13-11-7-4-3-5-8-11/h3-5,7-8,10,12H,2,6,9H2,1H3/t10-/m0/s1. The summed E-state index contributed by atoms with van der Waals surface area (Å²) in [6.07, 6.45) is 1.92. The molecule has 1 aromatic rings. The van der Waals surface area contributed by atoms with Crippen molar-refractivity contribution in [3.05, 3.63) is 30.3 Å². The SMILES string of the molecule is CCC[C@H](O)C[Se]c1ccccc1. The van der Waals surface area contributed by atoms with Crippen LogP contribution in [-0.2, 0) is 0 Å². The fourth-order valence-electron chi connectivity index (χ4n) is 1.13. The van der Waals surface area contributed by atoms with Gasteiger partial charge in [-0.05, 0) is 0 Å². The number of hydrogen-bond acceptors (Lipinski definition) is 1. The van der Waals surface area contributed by atoms with Crippen LogP contribution < -0.4 is 4.46 Å². The fourth-order valence-corrected chi connectivity index (χ4v) is 3.02. The van der Waals surface area contributed by atoms with Crippen LogP contribution in [0.1, 0.15) is 19.8 Å². The van der Waals surface area contributed by atoms with Crippen molar-refractivity contribution in [1.29, 1.82) is 0 Å². The number of benzene rings is 1. The van der Waals surface area contributed by atoms with Gasteiger partial charge in [-0.2, -0.15) is 0 Å². The van der Waals surface area contributed by atoms with Gasteiger partial charge in [0.05, 0.1) is 0 Å². The van der Waals surface area contributed by atoms with Gasteiger partial charge in [-0.1, -0.05) is 0 Å². The predicted molar refractivity (Wildman–Crippen MR) is 57.6 cm³/mol. The van der Waals surface area contributed by atoms with Crippen molar-refractivity contribution >= 4 is 19.4 Å². The molecule has 0 aromatic heterocycles. The van der Waals surface area contributed by atoms with E-state index in [1.165, 1.54) is 4.46 Å². The molecule has 0 unspecified atom stereocenters. The minimum atomic E-state index is -0.0924. The zero-order chi connectivity index (χ0) is 9.52. The molecule has 0 heterocycles. The summed E-state index contributed by atoms with van der Waals surface area (Å²) in [5, 5.41) is 10.5. The second-order valence-corrected chi connectivity index (χ2v) is 5.36. The molecule has 0 bridgehead atoms. The van der Waals surface area contributed by atoms with Crippen molar-refractivity contribution in [1.82, 2.24) is 0 Å². The number of aliphatic hydroxyl groups excluding tert-OH is 1. The summed E-state index contributed by atoms with van der Waals surface area (Å²) in [5.41, 5.74) is 0. The minimum absolute atomic E-state index is 0.0924. The monoisotopic (exact) mass is 244 g/mol. The Labute approximate surface area is 86.3 Å². The molecule has 0 saturated heterocycles. The van der Waals surface area contributed by atoms with Crippen LogP contribution in [0.4, 0.5) is 0 Å². The molecule has 0 spiro atoms. The second kappa shape index (κ2) is 6.20. The maximum absolute atomic E-state index is 9.53. The molecule has 0 aliphatic carbocycles. The van der Waals surface area contributed by atoms with Gasteiger partial charge in [0.1, 0.15) is 0 Å². The van der Waals surface area contributed by atoms with Crippen molar-refractivity contribution < 1.29 is 5.11 Å². The molecule has 72 valence electrons. The number of hydrogen-bond donors (Lipinski definition) is 1. The summed E-state index contributed by atoms with van der Waals surface area (Å²) in [4.78, 5) is 0. The Morgan fingerprint density at radius 3 is 2.62 bits per heavy atom. The first kappa shape index (κ1) is 10.8. The zero-order valence-electron chi connectivity index (χ0n) is 7.94. The van der Waals surface area contributed by atoms with E-state index in [2.05, 4.69) is 31.2 Å². The Balaban J connectivity index is 2.27. The molecule has 0 aliphatic rings. The first-order chi connectivity index (χ1) is 6.33. The average Bonchev–Trinajstić information content (AvgIpc) is 2.17. The molecule has 0 radical (unpaired) electrons. The van der Waals surface area contributed by atoms with Crippen LogP contribution in [0.5, 0.6) is 0 Å². The Morgan fingerprint density at radius 1 is 1.31 bits per heavy atom. The van der Waals surface area contributed by atoms with Gasteiger partial charge in [0.25, 0.3) is 0 Å². The van der Waals surface area contributed by atoms with E-state index in [-0.39, 0.29) is 6.10 Å². The van der Waals surface area contributed by atoms with Gasteiger partial charge in [-0.15, -0.1) is 0 Å². The Bertz CT molecular complexity index is 223. The van der Waals surface area contributed by atoms with Crippen LogP contribution in [0.15, 0.2) is 30.3 Å². The molecule has 1 nitrogen and oxygen atoms in total. The number of rotatable bonds is 5. The third kappa shape index (κ3) is 4.47. The van der Waals surface area contributed by atoms with Gasteiger partial charge in [0, 0.05) is 0 Å². The molecule has 1 atom stereocenters. The van der Waals surface area contributed by atoms with E-state index >= 15 is 0 Å². The molecular formula is C11H16OSe. The average molecular weight is 243 g/mol. The van der Waals surface area contributed by atoms with E-state index in [1.807, 2.05) is 6.07 Å². The Hall–Kier alpha value is -0.301. The van der Waals surface area contributed by atoms with Crippen LogP contribution in [0.3, 0.4) is 0 Å². The zero-order valence-corrected chi connectivity index (χ0v) is 9.65. The summed E-state index contributed by atoms with van der Waals surface area (Å²) in [6, 6.07) is 10.4. The van der Waals surface area contributed by atoms with E-state index in [0.717, 1.165) is 18.2 Å². The van der Waals surface area contributed by atoms with Crippen LogP contribution >= 0.6 is 0 Å². The van der Waals surface area contributed by atoms with E-state index in [9.17, 15) is 5.11 Å².